The molecular formula is C22H35N4O3+. The van der Waals surface area contributed by atoms with Crippen LogP contribution in [0.1, 0.15) is 32.8 Å². The molecule has 1 aliphatic heterocycles. The average Bonchev–Trinajstić information content (AvgIpc) is 2.65. The number of likely N-dealkylation sites (N-methyl/N-ethyl adjacent to an activating group) is 1. The predicted octanol–water partition coefficient (Wildman–Crippen LogP) is -0.281. The molecule has 160 valence electrons. The summed E-state index contributed by atoms with van der Waals surface area (Å²) < 4.78 is 0. The Morgan fingerprint density at radius 1 is 1.10 bits per heavy atom. The van der Waals surface area contributed by atoms with E-state index in [2.05, 4.69) is 5.32 Å². The number of rotatable bonds is 7. The Kier molecular flexibility index (Phi) is 8.20. The maximum absolute atomic E-state index is 12.5. The first-order chi connectivity index (χ1) is 13.6. The molecule has 2 rings (SSSR count). The van der Waals surface area contributed by atoms with Crippen LogP contribution >= 0.6 is 0 Å². The molecule has 29 heavy (non-hydrogen) atoms. The highest BCUT2D eigenvalue weighted by molar-refractivity contribution is 5.84. The zero-order valence-electron chi connectivity index (χ0n) is 18.2. The summed E-state index contributed by atoms with van der Waals surface area (Å²) >= 11 is 0. The van der Waals surface area contributed by atoms with Crippen molar-refractivity contribution in [1.29, 1.82) is 0 Å². The molecule has 0 spiro atoms. The van der Waals surface area contributed by atoms with Crippen LogP contribution in [-0.4, -0.2) is 79.4 Å². The lowest BCUT2D eigenvalue weighted by Gasteiger charge is -2.33. The normalized spacial score (nSPS) is 15.1. The molecule has 1 saturated heterocycles. The number of carbonyl (C=O) groups excluding carboxylic acids is 3. The van der Waals surface area contributed by atoms with Crippen LogP contribution in [0.15, 0.2) is 30.3 Å². The van der Waals surface area contributed by atoms with Gasteiger partial charge >= 0.3 is 0 Å². The summed E-state index contributed by atoms with van der Waals surface area (Å²) in [5.41, 5.74) is 0.890. The molecule has 3 amide bonds. The van der Waals surface area contributed by atoms with Gasteiger partial charge < -0.3 is 20.0 Å². The van der Waals surface area contributed by atoms with Gasteiger partial charge in [-0.15, -0.1) is 0 Å². The van der Waals surface area contributed by atoms with Crippen LogP contribution in [0.25, 0.3) is 0 Å². The zero-order chi connectivity index (χ0) is 21.4. The lowest BCUT2D eigenvalue weighted by molar-refractivity contribution is -0.896. The number of nitrogens with zero attached hydrogens (tertiary/aromatic N) is 2. The van der Waals surface area contributed by atoms with E-state index >= 15 is 0 Å². The summed E-state index contributed by atoms with van der Waals surface area (Å²) in [6.45, 7) is 9.15. The van der Waals surface area contributed by atoms with Crippen molar-refractivity contribution in [2.24, 2.45) is 0 Å². The minimum atomic E-state index is -0.230. The third-order valence-electron chi connectivity index (χ3n) is 5.02. The first-order valence-electron chi connectivity index (χ1n) is 10.3. The molecule has 0 aliphatic carbocycles. The molecule has 1 fully saturated rings. The summed E-state index contributed by atoms with van der Waals surface area (Å²) in [6.07, 6.45) is 1.07. The van der Waals surface area contributed by atoms with E-state index in [9.17, 15) is 14.4 Å². The zero-order valence-corrected chi connectivity index (χ0v) is 18.2. The molecule has 1 aromatic carbocycles. The largest absolute Gasteiger partial charge is 0.347 e. The van der Waals surface area contributed by atoms with Gasteiger partial charge in [0, 0.05) is 19.0 Å². The topological polar surface area (TPSA) is 74.2 Å². The van der Waals surface area contributed by atoms with Crippen molar-refractivity contribution < 1.29 is 19.3 Å². The van der Waals surface area contributed by atoms with Gasteiger partial charge in [0.1, 0.15) is 0 Å². The van der Waals surface area contributed by atoms with Gasteiger partial charge in [-0.2, -0.15) is 0 Å². The predicted molar refractivity (Wildman–Crippen MR) is 112 cm³/mol. The quantitative estimate of drug-likeness (QED) is 0.658. The Bertz CT molecular complexity index is 692. The number of amides is 3. The van der Waals surface area contributed by atoms with Crippen molar-refractivity contribution in [1.82, 2.24) is 15.1 Å². The number of aryl methyl sites for hydroxylation is 1. The van der Waals surface area contributed by atoms with Crippen molar-refractivity contribution in [3.8, 4) is 0 Å². The second-order valence-corrected chi connectivity index (χ2v) is 8.84. The molecule has 1 aromatic rings. The third kappa shape index (κ3) is 8.23. The average molecular weight is 404 g/mol. The van der Waals surface area contributed by atoms with Crippen LogP contribution in [0.2, 0.25) is 0 Å². The number of piperazine rings is 1. The Balaban J connectivity index is 1.70. The van der Waals surface area contributed by atoms with Gasteiger partial charge in [-0.25, -0.2) is 0 Å². The van der Waals surface area contributed by atoms with Crippen LogP contribution in [0.5, 0.6) is 0 Å². The highest BCUT2D eigenvalue weighted by Gasteiger charge is 2.27. The lowest BCUT2D eigenvalue weighted by atomic mass is 10.1. The van der Waals surface area contributed by atoms with Crippen LogP contribution in [0.3, 0.4) is 0 Å². The first-order valence-corrected chi connectivity index (χ1v) is 10.3. The Morgan fingerprint density at radius 2 is 1.72 bits per heavy atom. The molecule has 0 atom stereocenters. The van der Waals surface area contributed by atoms with Crippen molar-refractivity contribution >= 4 is 17.7 Å². The number of hydrogen-bond acceptors (Lipinski definition) is 3. The minimum Gasteiger partial charge on any atom is -0.347 e. The van der Waals surface area contributed by atoms with E-state index in [1.807, 2.05) is 51.1 Å². The van der Waals surface area contributed by atoms with E-state index in [4.69, 9.17) is 0 Å². The van der Waals surface area contributed by atoms with Crippen LogP contribution in [-0.2, 0) is 20.8 Å². The highest BCUT2D eigenvalue weighted by atomic mass is 16.2. The van der Waals surface area contributed by atoms with E-state index in [1.54, 1.807) is 11.9 Å². The second-order valence-electron chi connectivity index (χ2n) is 8.84. The number of carbonyl (C=O) groups is 3. The summed E-state index contributed by atoms with van der Waals surface area (Å²) in [5, 5.41) is 2.98. The second kappa shape index (κ2) is 10.4. The van der Waals surface area contributed by atoms with E-state index in [0.717, 1.165) is 18.7 Å². The molecule has 7 nitrogen and oxygen atoms in total. The fourth-order valence-electron chi connectivity index (χ4n) is 3.42. The lowest BCUT2D eigenvalue weighted by Crippen LogP contribution is -3.16. The maximum Gasteiger partial charge on any atom is 0.275 e. The van der Waals surface area contributed by atoms with Gasteiger partial charge in [0.05, 0.1) is 32.7 Å². The van der Waals surface area contributed by atoms with Crippen LogP contribution < -0.4 is 10.2 Å². The molecule has 7 heteroatoms. The van der Waals surface area contributed by atoms with Gasteiger partial charge in [-0.3, -0.25) is 14.4 Å². The van der Waals surface area contributed by atoms with Crippen LogP contribution in [0.4, 0.5) is 0 Å². The molecule has 1 aliphatic rings. The molecule has 2 N–H and O–H groups in total. The van der Waals surface area contributed by atoms with Gasteiger partial charge in [-0.05, 0) is 32.8 Å². The number of hydrogen-bond donors (Lipinski definition) is 2. The van der Waals surface area contributed by atoms with Crippen molar-refractivity contribution in [2.45, 2.75) is 39.2 Å². The Labute approximate surface area is 174 Å². The third-order valence-corrected chi connectivity index (χ3v) is 5.02. The standard InChI is InChI=1S/C22H34N4O3/c1-22(2,3)23-19(27)16-25-12-14-26(15-13-25)21(29)17-24(4)20(28)11-10-18-8-6-5-7-9-18/h5-9H,10-17H2,1-4H3,(H,23,27)/p+1. The summed E-state index contributed by atoms with van der Waals surface area (Å²) in [5.74, 6) is -0.0138. The summed E-state index contributed by atoms with van der Waals surface area (Å²) in [7, 11) is 1.68. The molecule has 0 bridgehead atoms. The summed E-state index contributed by atoms with van der Waals surface area (Å²) in [4.78, 5) is 41.4. The van der Waals surface area contributed by atoms with E-state index in [1.165, 1.54) is 9.80 Å². The number of nitrogens with one attached hydrogen (secondary N) is 2. The van der Waals surface area contributed by atoms with Crippen molar-refractivity contribution in [2.75, 3.05) is 46.3 Å². The van der Waals surface area contributed by atoms with E-state index in [0.29, 0.717) is 32.5 Å². The van der Waals surface area contributed by atoms with Crippen molar-refractivity contribution in [3.63, 3.8) is 0 Å². The smallest absolute Gasteiger partial charge is 0.275 e. The minimum absolute atomic E-state index is 0.0229. The SMILES string of the molecule is CN(CC(=O)N1CC[NH+](CC(=O)NC(C)(C)C)CC1)C(=O)CCc1ccccc1. The Morgan fingerprint density at radius 3 is 2.31 bits per heavy atom. The van der Waals surface area contributed by atoms with Gasteiger partial charge in [0.25, 0.3) is 5.91 Å². The van der Waals surface area contributed by atoms with Gasteiger partial charge in [-0.1, -0.05) is 30.3 Å². The Hall–Kier alpha value is -2.41. The summed E-state index contributed by atoms with van der Waals surface area (Å²) in [6, 6.07) is 9.88. The fraction of sp³-hybridized carbons (Fsp3) is 0.591. The molecule has 0 unspecified atom stereocenters. The van der Waals surface area contributed by atoms with E-state index in [-0.39, 0.29) is 29.8 Å². The number of quaternary nitrogens is 1. The monoisotopic (exact) mass is 403 g/mol. The fourth-order valence-corrected chi connectivity index (χ4v) is 3.42. The molecule has 1 heterocycles. The number of benzene rings is 1. The maximum atomic E-state index is 12.5. The molecular weight excluding hydrogens is 368 g/mol. The van der Waals surface area contributed by atoms with Gasteiger partial charge in [0.15, 0.2) is 6.54 Å². The van der Waals surface area contributed by atoms with E-state index < -0.39 is 0 Å². The molecule has 0 radical (unpaired) electrons. The molecule has 0 saturated carbocycles. The van der Waals surface area contributed by atoms with Crippen molar-refractivity contribution in [3.05, 3.63) is 35.9 Å². The van der Waals surface area contributed by atoms with Gasteiger partial charge in [0.2, 0.25) is 11.8 Å². The first kappa shape index (κ1) is 22.9. The van der Waals surface area contributed by atoms with Crippen LogP contribution in [0, 0.1) is 0 Å². The highest BCUT2D eigenvalue weighted by Crippen LogP contribution is 2.05. The molecule has 0 aromatic heterocycles.